The molecule has 0 aromatic heterocycles. The van der Waals surface area contributed by atoms with Crippen LogP contribution >= 0.6 is 22.6 Å². The van der Waals surface area contributed by atoms with Crippen molar-refractivity contribution >= 4 is 38.7 Å². The third-order valence-electron chi connectivity index (χ3n) is 2.46. The van der Waals surface area contributed by atoms with Crippen LogP contribution in [0, 0.1) is 6.92 Å². The number of rotatable bonds is 2. The van der Waals surface area contributed by atoms with Gasteiger partial charge in [-0.15, -0.1) is 0 Å². The van der Waals surface area contributed by atoms with Gasteiger partial charge in [0.05, 0.1) is 10.6 Å². The van der Waals surface area contributed by atoms with Crippen LogP contribution in [0.25, 0.3) is 0 Å². The highest BCUT2D eigenvalue weighted by Gasteiger charge is 2.38. The van der Waals surface area contributed by atoms with Crippen molar-refractivity contribution in [2.45, 2.75) is 11.8 Å². The number of carbonyl (C=O) groups is 1. The maximum atomic E-state index is 12.3. The predicted octanol–water partition coefficient (Wildman–Crippen LogP) is 2.41. The topological polar surface area (TPSA) is 63.7 Å². The van der Waals surface area contributed by atoms with Crippen molar-refractivity contribution in [2.24, 2.45) is 0 Å². The number of cyclic esters (lactones) is 1. The van der Waals surface area contributed by atoms with E-state index >= 15 is 0 Å². The van der Waals surface area contributed by atoms with E-state index in [9.17, 15) is 13.2 Å². The van der Waals surface area contributed by atoms with Crippen LogP contribution < -0.4 is 0 Å². The van der Waals surface area contributed by atoms with E-state index in [0.29, 0.717) is 10.0 Å². The van der Waals surface area contributed by atoms with Gasteiger partial charge in [0.1, 0.15) is 6.61 Å². The molecule has 1 heterocycles. The van der Waals surface area contributed by atoms with Crippen LogP contribution in [0.3, 0.4) is 0 Å². The van der Waals surface area contributed by atoms with Gasteiger partial charge in [0.2, 0.25) is 0 Å². The minimum absolute atomic E-state index is 0.0210. The molecule has 1 fully saturated rings. The van der Waals surface area contributed by atoms with Gasteiger partial charge in [-0.05, 0) is 19.1 Å². The Morgan fingerprint density at radius 1 is 1.33 bits per heavy atom. The summed E-state index contributed by atoms with van der Waals surface area (Å²) in [6.45, 7) is 1.84. The highest BCUT2D eigenvalue weighted by atomic mass is 127. The molecule has 1 aromatic carbocycles. The van der Waals surface area contributed by atoms with Gasteiger partial charge in [0.25, 0.3) is 10.0 Å². The van der Waals surface area contributed by atoms with Crippen molar-refractivity contribution in [2.75, 3.05) is 6.61 Å². The number of carbonyl (C=O) groups excluding carboxylic acids is 1. The minimum Gasteiger partial charge on any atom is -0.442 e. The summed E-state index contributed by atoms with van der Waals surface area (Å²) in [7, 11) is -3.88. The van der Waals surface area contributed by atoms with Crippen LogP contribution in [-0.2, 0) is 14.8 Å². The Hall–Kier alpha value is -1.09. The molecule has 0 saturated carbocycles. The van der Waals surface area contributed by atoms with Crippen LogP contribution in [0.4, 0.5) is 4.79 Å². The maximum Gasteiger partial charge on any atom is 0.428 e. The summed E-state index contributed by atoms with van der Waals surface area (Å²) in [5.74, 6) is 0. The molecule has 0 aliphatic carbocycles. The van der Waals surface area contributed by atoms with Crippen molar-refractivity contribution < 1.29 is 17.9 Å². The standard InChI is InChI=1S/C11H10INO4S/c1-8-2-4-10(5-3-8)18(15,16)13-9(6-12)7-17-11(13)14/h2-6H,7H2,1H3/b9-6+. The van der Waals surface area contributed by atoms with Crippen LogP contribution in [0.1, 0.15) is 5.56 Å². The highest BCUT2D eigenvalue weighted by molar-refractivity contribution is 14.1. The number of hydrogen-bond acceptors (Lipinski definition) is 4. The van der Waals surface area contributed by atoms with Crippen molar-refractivity contribution in [3.63, 3.8) is 0 Å². The number of nitrogens with zero attached hydrogens (tertiary/aromatic N) is 1. The van der Waals surface area contributed by atoms with E-state index in [1.807, 2.05) is 29.5 Å². The summed E-state index contributed by atoms with van der Waals surface area (Å²) >= 11 is 1.88. The second kappa shape index (κ2) is 4.88. The minimum atomic E-state index is -3.88. The Balaban J connectivity index is 2.48. The lowest BCUT2D eigenvalue weighted by molar-refractivity contribution is 0.170. The number of aryl methyl sites for hydroxylation is 1. The molecule has 18 heavy (non-hydrogen) atoms. The summed E-state index contributed by atoms with van der Waals surface area (Å²) < 4.78 is 31.6. The van der Waals surface area contributed by atoms with Crippen molar-refractivity contribution in [3.05, 3.63) is 39.6 Å². The number of amides is 1. The largest absolute Gasteiger partial charge is 0.442 e. The molecule has 1 aliphatic rings. The number of halogens is 1. The van der Waals surface area contributed by atoms with Gasteiger partial charge in [-0.1, -0.05) is 40.3 Å². The highest BCUT2D eigenvalue weighted by Crippen LogP contribution is 2.26. The smallest absolute Gasteiger partial charge is 0.428 e. The summed E-state index contributed by atoms with van der Waals surface area (Å²) in [6.07, 6.45) is -0.863. The monoisotopic (exact) mass is 379 g/mol. The fraction of sp³-hybridized carbons (Fsp3) is 0.182. The molecule has 1 aromatic rings. The molecule has 0 spiro atoms. The molecule has 1 aliphatic heterocycles. The Morgan fingerprint density at radius 3 is 2.50 bits per heavy atom. The van der Waals surface area contributed by atoms with Gasteiger partial charge >= 0.3 is 6.09 Å². The molecular weight excluding hydrogens is 369 g/mol. The van der Waals surface area contributed by atoms with Crippen molar-refractivity contribution in [3.8, 4) is 0 Å². The lowest BCUT2D eigenvalue weighted by Gasteiger charge is -2.14. The van der Waals surface area contributed by atoms with Gasteiger partial charge in [-0.25, -0.2) is 13.2 Å². The van der Waals surface area contributed by atoms with Crippen LogP contribution in [0.5, 0.6) is 0 Å². The molecule has 0 atom stereocenters. The molecular formula is C11H10INO4S. The third-order valence-corrected chi connectivity index (χ3v) is 4.91. The van der Waals surface area contributed by atoms with E-state index in [1.54, 1.807) is 12.1 Å². The van der Waals surface area contributed by atoms with Gasteiger partial charge in [0.15, 0.2) is 0 Å². The normalized spacial score (nSPS) is 18.2. The summed E-state index contributed by atoms with van der Waals surface area (Å²) in [5.41, 5.74) is 1.27. The summed E-state index contributed by atoms with van der Waals surface area (Å²) in [4.78, 5) is 11.6. The van der Waals surface area contributed by atoms with E-state index in [1.165, 1.54) is 16.2 Å². The molecule has 96 valence electrons. The number of hydrogen-bond donors (Lipinski definition) is 0. The summed E-state index contributed by atoms with van der Waals surface area (Å²) in [5, 5.41) is 0. The van der Waals surface area contributed by atoms with E-state index in [0.717, 1.165) is 5.56 Å². The second-order valence-electron chi connectivity index (χ2n) is 3.74. The average Bonchev–Trinajstić information content (AvgIpc) is 2.71. The first-order chi connectivity index (χ1) is 8.46. The average molecular weight is 379 g/mol. The lowest BCUT2D eigenvalue weighted by atomic mass is 10.2. The SMILES string of the molecule is Cc1ccc(S(=O)(=O)N2C(=O)OC/C2=C\I)cc1. The fourth-order valence-corrected chi connectivity index (χ4v) is 3.52. The van der Waals surface area contributed by atoms with Gasteiger partial charge in [-0.2, -0.15) is 4.31 Å². The zero-order valence-electron chi connectivity index (χ0n) is 9.46. The van der Waals surface area contributed by atoms with E-state index in [4.69, 9.17) is 4.74 Å². The Kier molecular flexibility index (Phi) is 3.62. The molecule has 0 N–H and O–H groups in total. The van der Waals surface area contributed by atoms with Crippen LogP contribution in [0.15, 0.2) is 38.9 Å². The third kappa shape index (κ3) is 2.24. The Bertz CT molecular complexity index is 606. The molecule has 2 rings (SSSR count). The predicted molar refractivity (Wildman–Crippen MR) is 73.7 cm³/mol. The van der Waals surface area contributed by atoms with E-state index < -0.39 is 16.1 Å². The van der Waals surface area contributed by atoms with Gasteiger partial charge in [0, 0.05) is 4.08 Å². The van der Waals surface area contributed by atoms with Crippen LogP contribution in [0.2, 0.25) is 0 Å². The molecule has 5 nitrogen and oxygen atoms in total. The quantitative estimate of drug-likeness (QED) is 0.741. The molecule has 0 unspecified atom stereocenters. The van der Waals surface area contributed by atoms with Crippen molar-refractivity contribution in [1.82, 2.24) is 4.31 Å². The zero-order valence-corrected chi connectivity index (χ0v) is 12.4. The first-order valence-electron chi connectivity index (χ1n) is 5.05. The molecule has 7 heteroatoms. The van der Waals surface area contributed by atoms with E-state index in [-0.39, 0.29) is 11.5 Å². The Labute approximate surface area is 119 Å². The molecule has 1 amide bonds. The first kappa shape index (κ1) is 13.3. The van der Waals surface area contributed by atoms with E-state index in [2.05, 4.69) is 0 Å². The summed E-state index contributed by atoms with van der Waals surface area (Å²) in [6, 6.07) is 6.31. The molecule has 1 saturated heterocycles. The van der Waals surface area contributed by atoms with Crippen LogP contribution in [-0.4, -0.2) is 25.4 Å². The molecule has 0 radical (unpaired) electrons. The lowest BCUT2D eigenvalue weighted by Crippen LogP contribution is -2.30. The number of benzene rings is 1. The van der Waals surface area contributed by atoms with Gasteiger partial charge < -0.3 is 4.74 Å². The maximum absolute atomic E-state index is 12.3. The van der Waals surface area contributed by atoms with Gasteiger partial charge in [-0.3, -0.25) is 0 Å². The van der Waals surface area contributed by atoms with Crippen molar-refractivity contribution in [1.29, 1.82) is 0 Å². The number of ether oxygens (including phenoxy) is 1. The fourth-order valence-electron chi connectivity index (χ4n) is 1.51. The Morgan fingerprint density at radius 2 is 1.94 bits per heavy atom. The molecule has 0 bridgehead atoms. The number of sulfonamides is 1. The second-order valence-corrected chi connectivity index (χ2v) is 6.15. The first-order valence-corrected chi connectivity index (χ1v) is 7.73. The zero-order chi connectivity index (χ0) is 13.3.